The van der Waals surface area contributed by atoms with Gasteiger partial charge in [0.1, 0.15) is 0 Å². The van der Waals surface area contributed by atoms with Gasteiger partial charge in [0.05, 0.1) is 6.54 Å². The van der Waals surface area contributed by atoms with E-state index in [4.69, 9.17) is 0 Å². The number of nitrogens with one attached hydrogen (secondary N) is 3. The second-order valence-corrected chi connectivity index (χ2v) is 10.9. The largest absolute Gasteiger partial charge is 0.358 e. The summed E-state index contributed by atoms with van der Waals surface area (Å²) in [5.41, 5.74) is 5.09. The molecule has 166 valence electrons. The molecule has 3 N–H and O–H groups in total. The van der Waals surface area contributed by atoms with Gasteiger partial charge in [-0.15, -0.1) is 0 Å². The molecule has 0 aliphatic heterocycles. The Morgan fingerprint density at radius 1 is 1.23 bits per heavy atom. The van der Waals surface area contributed by atoms with Crippen LogP contribution in [0.4, 0.5) is 4.79 Å². The first kappa shape index (κ1) is 21.6. The monoisotopic (exact) mass is 422 g/mol. The molecule has 1 heterocycles. The zero-order valence-electron chi connectivity index (χ0n) is 19.1. The molecule has 2 amide bonds. The topological polar surface area (TPSA) is 86.3 Å². The Morgan fingerprint density at radius 3 is 2.77 bits per heavy atom. The number of aromatic amines is 1. The summed E-state index contributed by atoms with van der Waals surface area (Å²) in [6.45, 7) is 9.19. The van der Waals surface area contributed by atoms with Crippen LogP contribution < -0.4 is 10.6 Å². The van der Waals surface area contributed by atoms with Crippen LogP contribution in [0.5, 0.6) is 0 Å². The van der Waals surface area contributed by atoms with Crippen molar-refractivity contribution in [2.45, 2.75) is 78.3 Å². The van der Waals surface area contributed by atoms with Crippen LogP contribution in [0.2, 0.25) is 0 Å². The van der Waals surface area contributed by atoms with Crippen molar-refractivity contribution in [2.24, 2.45) is 15.8 Å². The molecule has 4 rings (SSSR count). The fourth-order valence-electron chi connectivity index (χ4n) is 6.16. The minimum absolute atomic E-state index is 0.0748. The fourth-order valence-corrected chi connectivity index (χ4v) is 6.16. The molecule has 1 aromatic heterocycles. The Morgan fingerprint density at radius 2 is 2.00 bits per heavy atom. The van der Waals surface area contributed by atoms with Gasteiger partial charge in [0, 0.05) is 35.1 Å². The van der Waals surface area contributed by atoms with Crippen molar-refractivity contribution in [3.05, 3.63) is 35.0 Å². The average molecular weight is 423 g/mol. The van der Waals surface area contributed by atoms with Crippen LogP contribution in [0, 0.1) is 17.8 Å². The number of benzene rings is 1. The number of hydrogen-bond donors (Lipinski definition) is 3. The molecule has 6 nitrogen and oxygen atoms in total. The quantitative estimate of drug-likeness (QED) is 0.498. The van der Waals surface area contributed by atoms with Gasteiger partial charge in [-0.25, -0.2) is 14.6 Å². The smallest absolute Gasteiger partial charge is 0.315 e. The maximum absolute atomic E-state index is 12.8. The molecule has 1 fully saturated rings. The van der Waals surface area contributed by atoms with E-state index in [0.717, 1.165) is 38.5 Å². The van der Waals surface area contributed by atoms with E-state index in [-0.39, 0.29) is 28.9 Å². The second kappa shape index (κ2) is 8.16. The SMILES string of the molecule is Cc1ccc2[nH]c3c(c2c1)CCC(NC(=O)NC1CC(C)(C)CC(C)(CN=C=O)C1)C3. The Bertz CT molecular complexity index is 1030. The summed E-state index contributed by atoms with van der Waals surface area (Å²) in [6, 6.07) is 6.64. The number of nitrogens with zero attached hydrogens (tertiary/aromatic N) is 1. The lowest BCUT2D eigenvalue weighted by atomic mass is 9.62. The van der Waals surface area contributed by atoms with Gasteiger partial charge < -0.3 is 15.6 Å². The van der Waals surface area contributed by atoms with E-state index in [1.165, 1.54) is 27.7 Å². The van der Waals surface area contributed by atoms with E-state index < -0.39 is 0 Å². The van der Waals surface area contributed by atoms with Gasteiger partial charge in [0.2, 0.25) is 6.08 Å². The van der Waals surface area contributed by atoms with Crippen molar-refractivity contribution in [3.63, 3.8) is 0 Å². The molecule has 2 aromatic rings. The van der Waals surface area contributed by atoms with E-state index in [1.54, 1.807) is 6.08 Å². The third-order valence-electron chi connectivity index (χ3n) is 6.98. The van der Waals surface area contributed by atoms with E-state index in [9.17, 15) is 9.59 Å². The van der Waals surface area contributed by atoms with Gasteiger partial charge >= 0.3 is 6.03 Å². The van der Waals surface area contributed by atoms with E-state index in [2.05, 4.69) is 66.5 Å². The van der Waals surface area contributed by atoms with Crippen LogP contribution in [0.3, 0.4) is 0 Å². The highest BCUT2D eigenvalue weighted by molar-refractivity contribution is 5.85. The van der Waals surface area contributed by atoms with Crippen molar-refractivity contribution in [3.8, 4) is 0 Å². The van der Waals surface area contributed by atoms with Gasteiger partial charge in [-0.05, 0) is 67.6 Å². The molecular formula is C25H34N4O2. The highest BCUT2D eigenvalue weighted by Gasteiger charge is 2.41. The van der Waals surface area contributed by atoms with Crippen LogP contribution in [0.25, 0.3) is 10.9 Å². The number of aliphatic imine (C=N–C) groups is 1. The van der Waals surface area contributed by atoms with Crippen LogP contribution in [0.15, 0.2) is 23.2 Å². The number of amides is 2. The molecular weight excluding hydrogens is 388 g/mol. The van der Waals surface area contributed by atoms with Crippen LogP contribution in [-0.4, -0.2) is 35.7 Å². The Balaban J connectivity index is 1.39. The maximum Gasteiger partial charge on any atom is 0.315 e. The predicted octanol–water partition coefficient (Wildman–Crippen LogP) is 4.55. The lowest BCUT2D eigenvalue weighted by Gasteiger charge is -2.46. The number of fused-ring (bicyclic) bond motifs is 3. The van der Waals surface area contributed by atoms with Crippen molar-refractivity contribution < 1.29 is 9.59 Å². The number of isocyanates is 1. The minimum atomic E-state index is -0.0979. The van der Waals surface area contributed by atoms with E-state index in [0.29, 0.717) is 6.54 Å². The number of hydrogen-bond acceptors (Lipinski definition) is 3. The van der Waals surface area contributed by atoms with Gasteiger partial charge in [-0.2, -0.15) is 0 Å². The normalized spacial score (nSPS) is 27.2. The Labute approximate surface area is 184 Å². The van der Waals surface area contributed by atoms with Gasteiger partial charge in [-0.3, -0.25) is 0 Å². The molecule has 2 aliphatic rings. The van der Waals surface area contributed by atoms with Crippen LogP contribution in [-0.2, 0) is 17.6 Å². The number of aromatic nitrogens is 1. The molecule has 1 aromatic carbocycles. The predicted molar refractivity (Wildman–Crippen MR) is 123 cm³/mol. The molecule has 6 heteroatoms. The molecule has 0 radical (unpaired) electrons. The number of H-pyrrole nitrogens is 1. The lowest BCUT2D eigenvalue weighted by molar-refractivity contribution is 0.0805. The Kier molecular flexibility index (Phi) is 5.69. The third kappa shape index (κ3) is 4.85. The molecule has 0 spiro atoms. The summed E-state index contributed by atoms with van der Waals surface area (Å²) in [5, 5.41) is 7.73. The summed E-state index contributed by atoms with van der Waals surface area (Å²) < 4.78 is 0. The maximum atomic E-state index is 12.8. The number of carbonyl (C=O) groups excluding carboxylic acids is 2. The zero-order valence-corrected chi connectivity index (χ0v) is 19.1. The van der Waals surface area contributed by atoms with E-state index >= 15 is 0 Å². The summed E-state index contributed by atoms with van der Waals surface area (Å²) in [4.78, 5) is 30.8. The fraction of sp³-hybridized carbons (Fsp3) is 0.600. The molecule has 2 aliphatic carbocycles. The molecule has 31 heavy (non-hydrogen) atoms. The second-order valence-electron chi connectivity index (χ2n) is 10.9. The lowest BCUT2D eigenvalue weighted by Crippen LogP contribution is -2.52. The average Bonchev–Trinajstić information content (AvgIpc) is 3.01. The summed E-state index contributed by atoms with van der Waals surface area (Å²) in [7, 11) is 0. The zero-order chi connectivity index (χ0) is 22.2. The first-order chi connectivity index (χ1) is 14.7. The summed E-state index contributed by atoms with van der Waals surface area (Å²) in [6.07, 6.45) is 7.16. The minimum Gasteiger partial charge on any atom is -0.358 e. The third-order valence-corrected chi connectivity index (χ3v) is 6.98. The van der Waals surface area contributed by atoms with E-state index in [1.807, 2.05) is 0 Å². The van der Waals surface area contributed by atoms with Gasteiger partial charge in [-0.1, -0.05) is 32.4 Å². The van der Waals surface area contributed by atoms with Crippen LogP contribution in [0.1, 0.15) is 63.3 Å². The highest BCUT2D eigenvalue weighted by atomic mass is 16.2. The first-order valence-corrected chi connectivity index (χ1v) is 11.4. The molecule has 1 saturated carbocycles. The van der Waals surface area contributed by atoms with Crippen molar-refractivity contribution in [1.82, 2.24) is 15.6 Å². The van der Waals surface area contributed by atoms with Crippen molar-refractivity contribution in [1.29, 1.82) is 0 Å². The number of rotatable bonds is 4. The molecule has 3 unspecified atom stereocenters. The number of urea groups is 1. The van der Waals surface area contributed by atoms with Crippen molar-refractivity contribution in [2.75, 3.05) is 6.54 Å². The molecule has 3 atom stereocenters. The summed E-state index contributed by atoms with van der Waals surface area (Å²) >= 11 is 0. The van der Waals surface area contributed by atoms with Gasteiger partial charge in [0.15, 0.2) is 0 Å². The molecule has 0 bridgehead atoms. The van der Waals surface area contributed by atoms with Crippen molar-refractivity contribution >= 4 is 23.0 Å². The Hall–Kier alpha value is -2.59. The van der Waals surface area contributed by atoms with Gasteiger partial charge in [0.25, 0.3) is 0 Å². The summed E-state index contributed by atoms with van der Waals surface area (Å²) in [5.74, 6) is 0. The number of aryl methyl sites for hydroxylation is 2. The standard InChI is InChI=1S/C25H34N4O2/c1-16-5-8-21-20(9-16)19-7-6-17(10-22(19)29-21)27-23(31)28-18-11-24(2,3)13-25(4,12-18)14-26-15-30/h5,8-9,17-18,29H,6-7,10-14H2,1-4H3,(H2,27,28,31). The first-order valence-electron chi connectivity index (χ1n) is 11.4. The number of carbonyl (C=O) groups is 1. The molecule has 0 saturated heterocycles. The van der Waals surface area contributed by atoms with Crippen LogP contribution >= 0.6 is 0 Å². The highest BCUT2D eigenvalue weighted by Crippen LogP contribution is 2.46.